The van der Waals surface area contributed by atoms with Gasteiger partial charge in [0.25, 0.3) is 0 Å². The maximum Gasteiger partial charge on any atom is 0.142 e. The van der Waals surface area contributed by atoms with Crippen molar-refractivity contribution in [2.24, 2.45) is 0 Å². The molecule has 0 aliphatic rings. The maximum absolute atomic E-state index is 5.38. The minimum absolute atomic E-state index is 0.764. The number of hydrogen-bond acceptors (Lipinski definition) is 3. The zero-order valence-electron chi connectivity index (χ0n) is 10.8. The lowest BCUT2D eigenvalue weighted by atomic mass is 10.2. The molecule has 0 saturated carbocycles. The molecular formula is C15H14N2O2. The quantitative estimate of drug-likeness (QED) is 0.780. The van der Waals surface area contributed by atoms with Crippen LogP contribution in [0.4, 0.5) is 0 Å². The topological polar surface area (TPSA) is 47.1 Å². The predicted octanol–water partition coefficient (Wildman–Crippen LogP) is 3.25. The number of hydrogen-bond donors (Lipinski definition) is 1. The van der Waals surface area contributed by atoms with Crippen molar-refractivity contribution in [3.8, 4) is 22.9 Å². The first kappa shape index (κ1) is 11.6. The Morgan fingerprint density at radius 3 is 2.58 bits per heavy atom. The molecule has 0 spiro atoms. The van der Waals surface area contributed by atoms with E-state index in [1.807, 2.05) is 42.5 Å². The zero-order chi connectivity index (χ0) is 13.2. The van der Waals surface area contributed by atoms with Gasteiger partial charge < -0.3 is 14.5 Å². The van der Waals surface area contributed by atoms with Crippen LogP contribution in [0.1, 0.15) is 0 Å². The number of benzene rings is 2. The molecule has 0 aliphatic heterocycles. The molecule has 0 saturated heterocycles. The number of methoxy groups -OCH3 is 2. The standard InChI is InChI=1S/C15H14N2O2/c1-18-10-7-8-14(19-2)11(9-10)15-16-12-5-3-4-6-13(12)17-15/h3-9H,1-2H3,(H,16,17). The highest BCUT2D eigenvalue weighted by Crippen LogP contribution is 2.32. The Bertz CT molecular complexity index is 686. The lowest BCUT2D eigenvalue weighted by Gasteiger charge is -2.08. The molecule has 19 heavy (non-hydrogen) atoms. The third kappa shape index (κ3) is 2.01. The minimum Gasteiger partial charge on any atom is -0.497 e. The lowest BCUT2D eigenvalue weighted by molar-refractivity contribution is 0.404. The number of H-pyrrole nitrogens is 1. The second-order valence-electron chi connectivity index (χ2n) is 4.17. The van der Waals surface area contributed by atoms with Gasteiger partial charge in [-0.3, -0.25) is 0 Å². The Labute approximate surface area is 111 Å². The van der Waals surface area contributed by atoms with E-state index in [1.54, 1.807) is 14.2 Å². The van der Waals surface area contributed by atoms with Crippen LogP contribution in [0.15, 0.2) is 42.5 Å². The number of imidazole rings is 1. The molecule has 4 nitrogen and oxygen atoms in total. The predicted molar refractivity (Wildman–Crippen MR) is 74.6 cm³/mol. The molecule has 1 N–H and O–H groups in total. The number of rotatable bonds is 3. The van der Waals surface area contributed by atoms with Gasteiger partial charge in [0, 0.05) is 0 Å². The molecule has 3 aromatic rings. The Hall–Kier alpha value is -2.49. The fraction of sp³-hybridized carbons (Fsp3) is 0.133. The van der Waals surface area contributed by atoms with Crippen LogP contribution in [0.5, 0.6) is 11.5 Å². The number of para-hydroxylation sites is 2. The van der Waals surface area contributed by atoms with Gasteiger partial charge in [0.15, 0.2) is 0 Å². The summed E-state index contributed by atoms with van der Waals surface area (Å²) < 4.78 is 10.6. The fourth-order valence-corrected chi connectivity index (χ4v) is 2.08. The summed E-state index contributed by atoms with van der Waals surface area (Å²) in [6, 6.07) is 13.6. The first-order valence-corrected chi connectivity index (χ1v) is 5.99. The van der Waals surface area contributed by atoms with E-state index < -0.39 is 0 Å². The van der Waals surface area contributed by atoms with Crippen molar-refractivity contribution in [3.63, 3.8) is 0 Å². The van der Waals surface area contributed by atoms with E-state index in [0.717, 1.165) is 33.9 Å². The van der Waals surface area contributed by atoms with Crippen LogP contribution in [0.3, 0.4) is 0 Å². The molecule has 1 aromatic heterocycles. The molecule has 1 heterocycles. The first-order valence-electron chi connectivity index (χ1n) is 5.99. The molecule has 2 aromatic carbocycles. The average molecular weight is 254 g/mol. The monoisotopic (exact) mass is 254 g/mol. The average Bonchev–Trinajstić information content (AvgIpc) is 2.90. The molecular weight excluding hydrogens is 240 g/mol. The van der Waals surface area contributed by atoms with E-state index in [1.165, 1.54) is 0 Å². The summed E-state index contributed by atoms with van der Waals surface area (Å²) in [6.45, 7) is 0. The van der Waals surface area contributed by atoms with Crippen LogP contribution < -0.4 is 9.47 Å². The molecule has 0 amide bonds. The van der Waals surface area contributed by atoms with Crippen molar-refractivity contribution in [1.82, 2.24) is 9.97 Å². The summed E-state index contributed by atoms with van der Waals surface area (Å²) in [4.78, 5) is 7.87. The summed E-state index contributed by atoms with van der Waals surface area (Å²) in [5.74, 6) is 2.31. The fourth-order valence-electron chi connectivity index (χ4n) is 2.08. The van der Waals surface area contributed by atoms with Gasteiger partial charge in [-0.25, -0.2) is 4.98 Å². The number of aromatic nitrogens is 2. The van der Waals surface area contributed by atoms with E-state index in [4.69, 9.17) is 9.47 Å². The summed E-state index contributed by atoms with van der Waals surface area (Å²) in [5.41, 5.74) is 2.82. The van der Waals surface area contributed by atoms with Gasteiger partial charge in [0.05, 0.1) is 30.8 Å². The summed E-state index contributed by atoms with van der Waals surface area (Å²) >= 11 is 0. The zero-order valence-corrected chi connectivity index (χ0v) is 10.8. The van der Waals surface area contributed by atoms with E-state index >= 15 is 0 Å². The normalized spacial score (nSPS) is 10.6. The van der Waals surface area contributed by atoms with Crippen molar-refractivity contribution in [2.45, 2.75) is 0 Å². The third-order valence-electron chi connectivity index (χ3n) is 3.05. The number of nitrogens with zero attached hydrogens (tertiary/aromatic N) is 1. The van der Waals surface area contributed by atoms with Gasteiger partial charge in [-0.15, -0.1) is 0 Å². The Morgan fingerprint density at radius 1 is 1.00 bits per heavy atom. The van der Waals surface area contributed by atoms with Crippen LogP contribution in [-0.2, 0) is 0 Å². The van der Waals surface area contributed by atoms with Gasteiger partial charge in [-0.1, -0.05) is 12.1 Å². The highest BCUT2D eigenvalue weighted by Gasteiger charge is 2.11. The van der Waals surface area contributed by atoms with E-state index in [-0.39, 0.29) is 0 Å². The highest BCUT2D eigenvalue weighted by molar-refractivity contribution is 5.80. The summed E-state index contributed by atoms with van der Waals surface area (Å²) in [6.07, 6.45) is 0. The number of fused-ring (bicyclic) bond motifs is 1. The van der Waals surface area contributed by atoms with Gasteiger partial charge in [-0.2, -0.15) is 0 Å². The molecule has 0 radical (unpaired) electrons. The molecule has 0 fully saturated rings. The largest absolute Gasteiger partial charge is 0.497 e. The van der Waals surface area contributed by atoms with Crippen LogP contribution in [0, 0.1) is 0 Å². The van der Waals surface area contributed by atoms with E-state index in [0.29, 0.717) is 0 Å². The van der Waals surface area contributed by atoms with E-state index in [9.17, 15) is 0 Å². The Kier molecular flexibility index (Phi) is 2.83. The SMILES string of the molecule is COc1ccc(OC)c(-c2nc3ccccc3[nH]2)c1. The molecule has 4 heteroatoms. The van der Waals surface area contributed by atoms with Crippen molar-refractivity contribution < 1.29 is 9.47 Å². The van der Waals surface area contributed by atoms with Crippen LogP contribution in [0.2, 0.25) is 0 Å². The third-order valence-corrected chi connectivity index (χ3v) is 3.05. The first-order chi connectivity index (χ1) is 9.31. The summed E-state index contributed by atoms with van der Waals surface area (Å²) in [7, 11) is 3.29. The highest BCUT2D eigenvalue weighted by atomic mass is 16.5. The van der Waals surface area contributed by atoms with Crippen molar-refractivity contribution in [2.75, 3.05) is 14.2 Å². The number of nitrogens with one attached hydrogen (secondary N) is 1. The molecule has 0 aliphatic carbocycles. The minimum atomic E-state index is 0.764. The second kappa shape index (κ2) is 4.65. The van der Waals surface area contributed by atoms with Crippen molar-refractivity contribution >= 4 is 11.0 Å². The Morgan fingerprint density at radius 2 is 1.84 bits per heavy atom. The smallest absolute Gasteiger partial charge is 0.142 e. The number of ether oxygens (including phenoxy) is 2. The molecule has 0 atom stereocenters. The second-order valence-corrected chi connectivity index (χ2v) is 4.17. The van der Waals surface area contributed by atoms with Gasteiger partial charge in [0.2, 0.25) is 0 Å². The molecule has 3 rings (SSSR count). The van der Waals surface area contributed by atoms with E-state index in [2.05, 4.69) is 9.97 Å². The van der Waals surface area contributed by atoms with Gasteiger partial charge in [-0.05, 0) is 30.3 Å². The molecule has 96 valence electrons. The Balaban J connectivity index is 2.19. The van der Waals surface area contributed by atoms with Gasteiger partial charge >= 0.3 is 0 Å². The number of aromatic amines is 1. The molecule has 0 unspecified atom stereocenters. The van der Waals surface area contributed by atoms with Crippen molar-refractivity contribution in [1.29, 1.82) is 0 Å². The van der Waals surface area contributed by atoms with Crippen molar-refractivity contribution in [3.05, 3.63) is 42.5 Å². The molecule has 0 bridgehead atoms. The van der Waals surface area contributed by atoms with Crippen LogP contribution in [0.25, 0.3) is 22.4 Å². The summed E-state index contributed by atoms with van der Waals surface area (Å²) in [5, 5.41) is 0. The van der Waals surface area contributed by atoms with Crippen LogP contribution in [-0.4, -0.2) is 24.2 Å². The van der Waals surface area contributed by atoms with Crippen LogP contribution >= 0.6 is 0 Å². The maximum atomic E-state index is 5.38. The van der Waals surface area contributed by atoms with Gasteiger partial charge in [0.1, 0.15) is 17.3 Å². The lowest BCUT2D eigenvalue weighted by Crippen LogP contribution is -1.91.